The zero-order valence-corrected chi connectivity index (χ0v) is 18.9. The van der Waals surface area contributed by atoms with Crippen molar-refractivity contribution in [3.63, 3.8) is 0 Å². The fraction of sp³-hybridized carbons (Fsp3) is 0.115. The molecule has 0 saturated heterocycles. The average molecular weight is 465 g/mol. The summed E-state index contributed by atoms with van der Waals surface area (Å²) in [6, 6.07) is 13.1. The predicted molar refractivity (Wildman–Crippen MR) is 133 cm³/mol. The third-order valence-corrected chi connectivity index (χ3v) is 5.91. The van der Waals surface area contributed by atoms with Crippen molar-refractivity contribution < 1.29 is 4.39 Å². The summed E-state index contributed by atoms with van der Waals surface area (Å²) in [6.07, 6.45) is 6.88. The van der Waals surface area contributed by atoms with Crippen LogP contribution in [-0.2, 0) is 6.54 Å². The standard InChI is InChI=1S/C26H21FN8/c1-2-28-12-15-11-16(14-29-13-15)17-6-7-20-21(22(17)27)24(35-34-20)26-32-23-18(8-10-31-25(23)33-26)19-5-3-4-9-30-19/h3-11,13-14,28H,2,12H2,1H3,(H,34,35)(H,31,32,33). The van der Waals surface area contributed by atoms with Gasteiger partial charge in [0.1, 0.15) is 11.5 Å². The monoisotopic (exact) mass is 464 g/mol. The van der Waals surface area contributed by atoms with Crippen molar-refractivity contribution >= 4 is 22.1 Å². The number of benzene rings is 1. The third-order valence-electron chi connectivity index (χ3n) is 5.91. The molecule has 0 fully saturated rings. The summed E-state index contributed by atoms with van der Waals surface area (Å²) < 4.78 is 15.9. The minimum atomic E-state index is -0.382. The highest BCUT2D eigenvalue weighted by atomic mass is 19.1. The molecule has 6 rings (SSSR count). The minimum Gasteiger partial charge on any atom is -0.335 e. The van der Waals surface area contributed by atoms with Crippen LogP contribution >= 0.6 is 0 Å². The Labute approximate surface area is 199 Å². The van der Waals surface area contributed by atoms with Gasteiger partial charge in [0.25, 0.3) is 0 Å². The van der Waals surface area contributed by atoms with E-state index in [2.05, 4.69) is 40.4 Å². The van der Waals surface area contributed by atoms with Crippen LogP contribution in [0.25, 0.3) is 56.0 Å². The van der Waals surface area contributed by atoms with Crippen LogP contribution in [0.4, 0.5) is 4.39 Å². The Kier molecular flexibility index (Phi) is 5.23. The summed E-state index contributed by atoms with van der Waals surface area (Å²) >= 11 is 0. The number of nitrogens with one attached hydrogen (secondary N) is 3. The van der Waals surface area contributed by atoms with Crippen molar-refractivity contribution in [2.75, 3.05) is 6.54 Å². The van der Waals surface area contributed by atoms with Crippen LogP contribution in [0.3, 0.4) is 0 Å². The molecule has 8 nitrogen and oxygen atoms in total. The molecule has 0 bridgehead atoms. The molecule has 5 heterocycles. The van der Waals surface area contributed by atoms with Crippen molar-refractivity contribution in [3.05, 3.63) is 78.6 Å². The molecular weight excluding hydrogens is 443 g/mol. The van der Waals surface area contributed by atoms with Crippen LogP contribution in [0.5, 0.6) is 0 Å². The first-order valence-electron chi connectivity index (χ1n) is 11.3. The number of imidazole rings is 1. The van der Waals surface area contributed by atoms with Gasteiger partial charge in [0.2, 0.25) is 0 Å². The van der Waals surface area contributed by atoms with Gasteiger partial charge in [-0.2, -0.15) is 5.10 Å². The van der Waals surface area contributed by atoms with Crippen LogP contribution < -0.4 is 5.32 Å². The second-order valence-electron chi connectivity index (χ2n) is 8.14. The van der Waals surface area contributed by atoms with Gasteiger partial charge in [0, 0.05) is 48.0 Å². The Bertz CT molecular complexity index is 1660. The van der Waals surface area contributed by atoms with E-state index in [1.807, 2.05) is 43.3 Å². The zero-order valence-electron chi connectivity index (χ0n) is 18.9. The molecule has 0 spiro atoms. The highest BCUT2D eigenvalue weighted by molar-refractivity contribution is 5.97. The minimum absolute atomic E-state index is 0.359. The van der Waals surface area contributed by atoms with Crippen LogP contribution in [0.2, 0.25) is 0 Å². The molecule has 0 radical (unpaired) electrons. The highest BCUT2D eigenvalue weighted by Gasteiger charge is 2.20. The van der Waals surface area contributed by atoms with Gasteiger partial charge in [-0.05, 0) is 48.5 Å². The molecule has 3 N–H and O–H groups in total. The number of pyridine rings is 3. The first kappa shape index (κ1) is 21.1. The summed E-state index contributed by atoms with van der Waals surface area (Å²) in [5.41, 5.74) is 5.99. The number of H-pyrrole nitrogens is 2. The van der Waals surface area contributed by atoms with Gasteiger partial charge >= 0.3 is 0 Å². The number of halogens is 1. The van der Waals surface area contributed by atoms with E-state index < -0.39 is 0 Å². The van der Waals surface area contributed by atoms with E-state index in [1.165, 1.54) is 0 Å². The SMILES string of the molecule is CCNCc1cncc(-c2ccc3[nH]nc(-c4nc5nccc(-c6ccccn6)c5[nH]4)c3c2F)c1. The zero-order chi connectivity index (χ0) is 23.8. The normalized spacial score (nSPS) is 11.5. The largest absolute Gasteiger partial charge is 0.335 e. The fourth-order valence-electron chi connectivity index (χ4n) is 4.23. The summed E-state index contributed by atoms with van der Waals surface area (Å²) in [7, 11) is 0. The molecule has 0 saturated carbocycles. The van der Waals surface area contributed by atoms with Crippen LogP contribution in [-0.4, -0.2) is 41.7 Å². The molecular formula is C26H21FN8. The van der Waals surface area contributed by atoms with E-state index in [4.69, 9.17) is 0 Å². The third kappa shape index (κ3) is 3.71. The van der Waals surface area contributed by atoms with Gasteiger partial charge in [-0.3, -0.25) is 15.1 Å². The predicted octanol–water partition coefficient (Wildman–Crippen LogP) is 4.87. The molecule has 0 aliphatic rings. The highest BCUT2D eigenvalue weighted by Crippen LogP contribution is 2.34. The van der Waals surface area contributed by atoms with Crippen molar-refractivity contribution in [3.8, 4) is 33.9 Å². The number of hydrogen-bond acceptors (Lipinski definition) is 6. The lowest BCUT2D eigenvalue weighted by Crippen LogP contribution is -2.11. The Morgan fingerprint density at radius 2 is 1.94 bits per heavy atom. The Hall–Kier alpha value is -4.50. The van der Waals surface area contributed by atoms with E-state index >= 15 is 4.39 Å². The lowest BCUT2D eigenvalue weighted by atomic mass is 10.0. The summed E-state index contributed by atoms with van der Waals surface area (Å²) in [5, 5.41) is 10.9. The quantitative estimate of drug-likeness (QED) is 0.324. The maximum Gasteiger partial charge on any atom is 0.178 e. The van der Waals surface area contributed by atoms with Crippen LogP contribution in [0.15, 0.2) is 67.3 Å². The van der Waals surface area contributed by atoms with E-state index in [1.54, 1.807) is 30.9 Å². The smallest absolute Gasteiger partial charge is 0.178 e. The summed E-state index contributed by atoms with van der Waals surface area (Å²) in [4.78, 5) is 21.0. The van der Waals surface area contributed by atoms with Gasteiger partial charge in [-0.15, -0.1) is 0 Å². The van der Waals surface area contributed by atoms with Crippen molar-refractivity contribution in [2.24, 2.45) is 0 Å². The molecule has 0 unspecified atom stereocenters. The van der Waals surface area contributed by atoms with Gasteiger partial charge in [-0.1, -0.05) is 13.0 Å². The average Bonchev–Trinajstić information content (AvgIpc) is 3.53. The van der Waals surface area contributed by atoms with E-state index in [9.17, 15) is 0 Å². The molecule has 0 aliphatic heterocycles. The van der Waals surface area contributed by atoms with E-state index in [0.29, 0.717) is 51.3 Å². The van der Waals surface area contributed by atoms with Crippen LogP contribution in [0.1, 0.15) is 12.5 Å². The first-order chi connectivity index (χ1) is 17.2. The van der Waals surface area contributed by atoms with Crippen molar-refractivity contribution in [2.45, 2.75) is 13.5 Å². The maximum atomic E-state index is 15.9. The molecule has 0 amide bonds. The lowest BCUT2D eigenvalue weighted by molar-refractivity contribution is 0.643. The number of nitrogens with zero attached hydrogens (tertiary/aromatic N) is 5. The summed E-state index contributed by atoms with van der Waals surface area (Å²) in [5.74, 6) is 0.0456. The van der Waals surface area contributed by atoms with Gasteiger partial charge in [-0.25, -0.2) is 14.4 Å². The maximum absolute atomic E-state index is 15.9. The first-order valence-corrected chi connectivity index (χ1v) is 11.3. The second kappa shape index (κ2) is 8.69. The topological polar surface area (TPSA) is 108 Å². The van der Waals surface area contributed by atoms with E-state index in [-0.39, 0.29) is 5.82 Å². The van der Waals surface area contributed by atoms with Crippen molar-refractivity contribution in [1.29, 1.82) is 0 Å². The molecule has 0 atom stereocenters. The molecule has 35 heavy (non-hydrogen) atoms. The molecule has 6 aromatic rings. The second-order valence-corrected chi connectivity index (χ2v) is 8.14. The molecule has 0 aliphatic carbocycles. The van der Waals surface area contributed by atoms with E-state index in [0.717, 1.165) is 23.4 Å². The van der Waals surface area contributed by atoms with Gasteiger partial charge in [0.05, 0.1) is 22.1 Å². The van der Waals surface area contributed by atoms with Gasteiger partial charge < -0.3 is 10.3 Å². The fourth-order valence-corrected chi connectivity index (χ4v) is 4.23. The lowest BCUT2D eigenvalue weighted by Gasteiger charge is -2.07. The molecule has 1 aromatic carbocycles. The van der Waals surface area contributed by atoms with Crippen LogP contribution in [0, 0.1) is 5.82 Å². The summed E-state index contributed by atoms with van der Waals surface area (Å²) in [6.45, 7) is 3.55. The number of rotatable bonds is 6. The Balaban J connectivity index is 1.48. The van der Waals surface area contributed by atoms with Crippen molar-refractivity contribution in [1.82, 2.24) is 40.4 Å². The number of fused-ring (bicyclic) bond motifs is 2. The molecule has 172 valence electrons. The Morgan fingerprint density at radius 3 is 2.80 bits per heavy atom. The number of hydrogen-bond donors (Lipinski definition) is 3. The molecule has 5 aromatic heterocycles. The number of aromatic nitrogens is 7. The molecule has 9 heteroatoms. The Morgan fingerprint density at radius 1 is 1.00 bits per heavy atom. The van der Waals surface area contributed by atoms with Gasteiger partial charge in [0.15, 0.2) is 11.5 Å². The number of aromatic amines is 2.